The molecule has 0 saturated heterocycles. The van der Waals surface area contributed by atoms with Crippen molar-refractivity contribution in [3.63, 3.8) is 0 Å². The van der Waals surface area contributed by atoms with Crippen molar-refractivity contribution in [1.29, 1.82) is 0 Å². The zero-order chi connectivity index (χ0) is 14.6. The van der Waals surface area contributed by atoms with E-state index in [0.717, 1.165) is 19.4 Å². The van der Waals surface area contributed by atoms with Crippen LogP contribution in [0, 0.1) is 6.92 Å². The molecule has 2 N–H and O–H groups in total. The van der Waals surface area contributed by atoms with Crippen molar-refractivity contribution >= 4 is 0 Å². The first-order valence-corrected chi connectivity index (χ1v) is 7.62. The van der Waals surface area contributed by atoms with Crippen molar-refractivity contribution < 1.29 is 4.74 Å². The molecule has 1 saturated carbocycles. The third kappa shape index (κ3) is 3.05. The van der Waals surface area contributed by atoms with Crippen LogP contribution in [0.1, 0.15) is 36.8 Å². The molecule has 0 radical (unpaired) electrons. The van der Waals surface area contributed by atoms with Crippen LogP contribution >= 0.6 is 0 Å². The van der Waals surface area contributed by atoms with Gasteiger partial charge in [0.1, 0.15) is 0 Å². The van der Waals surface area contributed by atoms with E-state index in [9.17, 15) is 0 Å². The lowest BCUT2D eigenvalue weighted by atomic mass is 9.77. The van der Waals surface area contributed by atoms with Gasteiger partial charge in [-0.2, -0.15) is 0 Å². The summed E-state index contributed by atoms with van der Waals surface area (Å²) in [7, 11) is 4.01. The van der Waals surface area contributed by atoms with Crippen molar-refractivity contribution in [1.82, 2.24) is 4.90 Å². The summed E-state index contributed by atoms with van der Waals surface area (Å²) in [6.45, 7) is 3.73. The van der Waals surface area contributed by atoms with Crippen LogP contribution in [0.4, 0.5) is 0 Å². The van der Waals surface area contributed by atoms with Crippen LogP contribution in [0.3, 0.4) is 0 Å². The average molecular weight is 276 g/mol. The van der Waals surface area contributed by atoms with Crippen LogP contribution < -0.4 is 5.73 Å². The first kappa shape index (κ1) is 15.5. The van der Waals surface area contributed by atoms with Crippen LogP contribution in [-0.4, -0.2) is 37.2 Å². The standard InChI is InChI=1S/C17H28N2O/c1-14-7-6-8-15(11-14)12-19(2)17(13-18)10-5-4-9-16(17)20-3/h6-8,11,16H,4-5,9-10,12-13,18H2,1-3H3. The summed E-state index contributed by atoms with van der Waals surface area (Å²) in [6, 6.07) is 8.72. The SMILES string of the molecule is COC1CCCCC1(CN)N(C)Cc1cccc(C)c1. The maximum Gasteiger partial charge on any atom is 0.0767 e. The Balaban J connectivity index is 2.17. The van der Waals surface area contributed by atoms with E-state index < -0.39 is 0 Å². The number of nitrogens with two attached hydrogens (primary N) is 1. The van der Waals surface area contributed by atoms with E-state index >= 15 is 0 Å². The van der Waals surface area contributed by atoms with Gasteiger partial charge in [0.2, 0.25) is 0 Å². The molecule has 0 aromatic heterocycles. The Labute approximate surface area is 123 Å². The maximum absolute atomic E-state index is 6.17. The number of likely N-dealkylation sites (N-methyl/N-ethyl adjacent to an activating group) is 1. The van der Waals surface area contributed by atoms with Crippen LogP contribution in [0.15, 0.2) is 24.3 Å². The van der Waals surface area contributed by atoms with Gasteiger partial charge in [-0.3, -0.25) is 4.90 Å². The van der Waals surface area contributed by atoms with E-state index in [0.29, 0.717) is 6.54 Å². The fraction of sp³-hybridized carbons (Fsp3) is 0.647. The van der Waals surface area contributed by atoms with Gasteiger partial charge in [-0.1, -0.05) is 42.7 Å². The highest BCUT2D eigenvalue weighted by Gasteiger charge is 2.43. The number of methoxy groups -OCH3 is 1. The van der Waals surface area contributed by atoms with Gasteiger partial charge in [0, 0.05) is 20.2 Å². The second-order valence-electron chi connectivity index (χ2n) is 6.12. The van der Waals surface area contributed by atoms with Gasteiger partial charge in [0.15, 0.2) is 0 Å². The minimum absolute atomic E-state index is 0.0171. The first-order valence-electron chi connectivity index (χ1n) is 7.62. The van der Waals surface area contributed by atoms with Crippen LogP contribution in [0.2, 0.25) is 0 Å². The van der Waals surface area contributed by atoms with Crippen LogP contribution in [-0.2, 0) is 11.3 Å². The lowest BCUT2D eigenvalue weighted by Gasteiger charge is -2.49. The molecule has 0 aliphatic heterocycles. The molecule has 1 aliphatic rings. The number of rotatable bonds is 5. The molecule has 0 amide bonds. The predicted octanol–water partition coefficient (Wildman–Crippen LogP) is 2.71. The van der Waals surface area contributed by atoms with E-state index in [-0.39, 0.29) is 11.6 Å². The van der Waals surface area contributed by atoms with Gasteiger partial charge >= 0.3 is 0 Å². The summed E-state index contributed by atoms with van der Waals surface area (Å²) in [4.78, 5) is 2.41. The topological polar surface area (TPSA) is 38.5 Å². The Morgan fingerprint density at radius 3 is 2.85 bits per heavy atom. The van der Waals surface area contributed by atoms with Crippen LogP contribution in [0.25, 0.3) is 0 Å². The van der Waals surface area contributed by atoms with Gasteiger partial charge in [-0.25, -0.2) is 0 Å². The maximum atomic E-state index is 6.17. The molecule has 3 heteroatoms. The predicted molar refractivity (Wildman–Crippen MR) is 83.7 cm³/mol. The molecule has 1 aliphatic carbocycles. The summed E-state index contributed by atoms with van der Waals surface area (Å²) < 4.78 is 5.76. The molecular formula is C17H28N2O. The molecule has 2 atom stereocenters. The molecular weight excluding hydrogens is 248 g/mol. The third-order valence-corrected chi connectivity index (χ3v) is 4.83. The Morgan fingerprint density at radius 1 is 1.40 bits per heavy atom. The molecule has 2 unspecified atom stereocenters. The zero-order valence-corrected chi connectivity index (χ0v) is 13.1. The van der Waals surface area contributed by atoms with E-state index in [2.05, 4.69) is 43.1 Å². The number of hydrogen-bond acceptors (Lipinski definition) is 3. The quantitative estimate of drug-likeness (QED) is 0.898. The monoisotopic (exact) mass is 276 g/mol. The molecule has 0 bridgehead atoms. The Kier molecular flexibility index (Phi) is 5.19. The molecule has 1 aromatic carbocycles. The van der Waals surface area contributed by atoms with E-state index in [1.165, 1.54) is 24.0 Å². The number of benzene rings is 1. The number of aryl methyl sites for hydroxylation is 1. The smallest absolute Gasteiger partial charge is 0.0767 e. The molecule has 1 fully saturated rings. The van der Waals surface area contributed by atoms with Crippen molar-refractivity contribution in [2.75, 3.05) is 20.7 Å². The Morgan fingerprint density at radius 2 is 2.20 bits per heavy atom. The van der Waals surface area contributed by atoms with Crippen LogP contribution in [0.5, 0.6) is 0 Å². The zero-order valence-electron chi connectivity index (χ0n) is 13.1. The number of nitrogens with zero attached hydrogens (tertiary/aromatic N) is 1. The lowest BCUT2D eigenvalue weighted by molar-refractivity contribution is -0.0688. The molecule has 0 heterocycles. The first-order chi connectivity index (χ1) is 9.62. The molecule has 20 heavy (non-hydrogen) atoms. The molecule has 1 aromatic rings. The van der Waals surface area contributed by atoms with Gasteiger partial charge in [-0.15, -0.1) is 0 Å². The molecule has 3 nitrogen and oxygen atoms in total. The summed E-state index contributed by atoms with van der Waals surface area (Å²) in [5.41, 5.74) is 8.81. The second kappa shape index (κ2) is 6.70. The third-order valence-electron chi connectivity index (χ3n) is 4.83. The fourth-order valence-corrected chi connectivity index (χ4v) is 3.60. The average Bonchev–Trinajstić information content (AvgIpc) is 2.46. The number of hydrogen-bond donors (Lipinski definition) is 1. The van der Waals surface area contributed by atoms with Gasteiger partial charge in [-0.05, 0) is 32.4 Å². The van der Waals surface area contributed by atoms with Crippen molar-refractivity contribution in [3.05, 3.63) is 35.4 Å². The van der Waals surface area contributed by atoms with Gasteiger partial charge in [0.05, 0.1) is 11.6 Å². The fourth-order valence-electron chi connectivity index (χ4n) is 3.60. The number of ether oxygens (including phenoxy) is 1. The summed E-state index contributed by atoms with van der Waals surface area (Å²) in [6.07, 6.45) is 4.99. The van der Waals surface area contributed by atoms with Gasteiger partial charge in [0.25, 0.3) is 0 Å². The Hall–Kier alpha value is -0.900. The van der Waals surface area contributed by atoms with Gasteiger partial charge < -0.3 is 10.5 Å². The molecule has 2 rings (SSSR count). The minimum Gasteiger partial charge on any atom is -0.379 e. The Bertz CT molecular complexity index is 435. The highest BCUT2D eigenvalue weighted by atomic mass is 16.5. The lowest BCUT2D eigenvalue weighted by Crippen LogP contribution is -2.61. The summed E-state index contributed by atoms with van der Waals surface area (Å²) >= 11 is 0. The van der Waals surface area contributed by atoms with E-state index in [4.69, 9.17) is 10.5 Å². The summed E-state index contributed by atoms with van der Waals surface area (Å²) in [5.74, 6) is 0. The second-order valence-corrected chi connectivity index (χ2v) is 6.12. The molecule has 112 valence electrons. The largest absolute Gasteiger partial charge is 0.379 e. The van der Waals surface area contributed by atoms with E-state index in [1.807, 2.05) is 7.11 Å². The highest BCUT2D eigenvalue weighted by molar-refractivity contribution is 5.22. The van der Waals surface area contributed by atoms with Crippen molar-refractivity contribution in [3.8, 4) is 0 Å². The normalized spacial score (nSPS) is 26.9. The molecule has 0 spiro atoms. The highest BCUT2D eigenvalue weighted by Crippen LogP contribution is 2.35. The van der Waals surface area contributed by atoms with E-state index in [1.54, 1.807) is 0 Å². The van der Waals surface area contributed by atoms with Crippen molar-refractivity contribution in [2.45, 2.75) is 50.8 Å². The summed E-state index contributed by atoms with van der Waals surface area (Å²) in [5, 5.41) is 0. The minimum atomic E-state index is -0.0171. The van der Waals surface area contributed by atoms with Crippen molar-refractivity contribution in [2.24, 2.45) is 5.73 Å².